The molecule has 1 aliphatic heterocycles. The van der Waals surface area contributed by atoms with Gasteiger partial charge in [-0.15, -0.1) is 0 Å². The highest BCUT2D eigenvalue weighted by atomic mass is 16.2. The highest BCUT2D eigenvalue weighted by Crippen LogP contribution is 2.24. The number of amides is 1. The number of rotatable bonds is 2. The Morgan fingerprint density at radius 1 is 1.20 bits per heavy atom. The van der Waals surface area contributed by atoms with Crippen molar-refractivity contribution in [2.45, 2.75) is 13.3 Å². The Balaban J connectivity index is 1.88. The van der Waals surface area contributed by atoms with Gasteiger partial charge in [0.15, 0.2) is 0 Å². The molecule has 0 unspecified atom stereocenters. The molecule has 0 fully saturated rings. The average Bonchev–Trinajstić information content (AvgIpc) is 2.93. The summed E-state index contributed by atoms with van der Waals surface area (Å²) in [7, 11) is 1.82. The maximum Gasteiger partial charge on any atom is 0.258 e. The summed E-state index contributed by atoms with van der Waals surface area (Å²) in [5.41, 5.74) is 5.21. The van der Waals surface area contributed by atoms with Gasteiger partial charge in [-0.25, -0.2) is 0 Å². The van der Waals surface area contributed by atoms with Gasteiger partial charge in [-0.1, -0.05) is 12.1 Å². The van der Waals surface area contributed by atoms with E-state index >= 15 is 0 Å². The first-order chi connectivity index (χ1) is 9.65. The Morgan fingerprint density at radius 2 is 2.05 bits per heavy atom. The smallest absolute Gasteiger partial charge is 0.258 e. The number of carbonyl (C=O) groups is 1. The number of carbonyl (C=O) groups excluding carboxylic acids is 1. The molecule has 2 aromatic rings. The lowest BCUT2D eigenvalue weighted by Gasteiger charge is -2.18. The first-order valence-electron chi connectivity index (χ1n) is 6.87. The van der Waals surface area contributed by atoms with Crippen LogP contribution in [0.4, 0.5) is 11.4 Å². The van der Waals surface area contributed by atoms with Gasteiger partial charge in [0.2, 0.25) is 0 Å². The molecular formula is C17H18N2O. The predicted octanol–water partition coefficient (Wildman–Crippen LogP) is 3.24. The summed E-state index contributed by atoms with van der Waals surface area (Å²) in [6.07, 6.45) is 0.991. The molecule has 3 rings (SSSR count). The third-order valence-corrected chi connectivity index (χ3v) is 3.76. The van der Waals surface area contributed by atoms with Crippen molar-refractivity contribution in [2.24, 2.45) is 0 Å². The Kier molecular flexibility index (Phi) is 3.18. The Labute approximate surface area is 119 Å². The number of aryl methyl sites for hydroxylation is 1. The zero-order valence-electron chi connectivity index (χ0n) is 11.8. The molecule has 0 spiro atoms. The van der Waals surface area contributed by atoms with Crippen molar-refractivity contribution >= 4 is 17.3 Å². The number of nitrogens with zero attached hydrogens (tertiary/aromatic N) is 1. The molecule has 20 heavy (non-hydrogen) atoms. The van der Waals surface area contributed by atoms with E-state index in [-0.39, 0.29) is 5.91 Å². The average molecular weight is 266 g/mol. The fourth-order valence-electron chi connectivity index (χ4n) is 2.59. The van der Waals surface area contributed by atoms with E-state index < -0.39 is 0 Å². The van der Waals surface area contributed by atoms with Crippen molar-refractivity contribution in [2.75, 3.05) is 23.8 Å². The molecule has 3 nitrogen and oxygen atoms in total. The molecule has 0 atom stereocenters. The molecular weight excluding hydrogens is 248 g/mol. The van der Waals surface area contributed by atoms with E-state index in [9.17, 15) is 4.79 Å². The molecule has 1 amide bonds. The molecule has 0 saturated heterocycles. The van der Waals surface area contributed by atoms with Crippen LogP contribution in [-0.2, 0) is 6.42 Å². The van der Waals surface area contributed by atoms with Gasteiger partial charge >= 0.3 is 0 Å². The van der Waals surface area contributed by atoms with Crippen LogP contribution in [0.25, 0.3) is 0 Å². The number of benzene rings is 2. The van der Waals surface area contributed by atoms with E-state index in [1.807, 2.05) is 56.4 Å². The van der Waals surface area contributed by atoms with Gasteiger partial charge in [0, 0.05) is 30.5 Å². The summed E-state index contributed by atoms with van der Waals surface area (Å²) in [5.74, 6) is 0.0327. The maximum absolute atomic E-state index is 12.6. The SMILES string of the molecule is Cc1cccc(N(C)C(=O)c2ccc3c(c2)CCN3)c1. The standard InChI is InChI=1S/C17H18N2O/c1-12-4-3-5-15(10-12)19(2)17(20)14-6-7-16-13(11-14)8-9-18-16/h3-7,10-11,18H,8-9H2,1-2H3. The van der Waals surface area contributed by atoms with E-state index in [0.717, 1.165) is 35.5 Å². The Morgan fingerprint density at radius 3 is 2.85 bits per heavy atom. The van der Waals surface area contributed by atoms with Crippen LogP contribution in [0, 0.1) is 6.92 Å². The minimum Gasteiger partial charge on any atom is -0.384 e. The normalized spacial score (nSPS) is 12.7. The van der Waals surface area contributed by atoms with Crippen molar-refractivity contribution in [3.63, 3.8) is 0 Å². The third kappa shape index (κ3) is 2.27. The zero-order chi connectivity index (χ0) is 14.1. The Hall–Kier alpha value is -2.29. The molecule has 2 aromatic carbocycles. The van der Waals surface area contributed by atoms with Gasteiger partial charge in [-0.05, 0) is 54.8 Å². The van der Waals surface area contributed by atoms with Crippen molar-refractivity contribution < 1.29 is 4.79 Å². The number of anilines is 2. The molecule has 3 heteroatoms. The lowest BCUT2D eigenvalue weighted by Crippen LogP contribution is -2.26. The molecule has 0 bridgehead atoms. The molecule has 0 radical (unpaired) electrons. The number of nitrogens with one attached hydrogen (secondary N) is 1. The van der Waals surface area contributed by atoms with Gasteiger partial charge in [0.05, 0.1) is 0 Å². The first-order valence-corrected chi connectivity index (χ1v) is 6.87. The van der Waals surface area contributed by atoms with Crippen LogP contribution in [0.5, 0.6) is 0 Å². The van der Waals surface area contributed by atoms with Gasteiger partial charge in [-0.2, -0.15) is 0 Å². The lowest BCUT2D eigenvalue weighted by atomic mass is 10.1. The molecule has 1 heterocycles. The monoisotopic (exact) mass is 266 g/mol. The fraction of sp³-hybridized carbons (Fsp3) is 0.235. The molecule has 102 valence electrons. The minimum absolute atomic E-state index is 0.0327. The summed E-state index contributed by atoms with van der Waals surface area (Å²) in [5, 5.41) is 3.31. The van der Waals surface area contributed by atoms with Crippen LogP contribution in [-0.4, -0.2) is 19.5 Å². The summed E-state index contributed by atoms with van der Waals surface area (Å²) < 4.78 is 0. The lowest BCUT2D eigenvalue weighted by molar-refractivity contribution is 0.0993. The summed E-state index contributed by atoms with van der Waals surface area (Å²) in [6.45, 7) is 2.99. The van der Waals surface area contributed by atoms with Crippen LogP contribution >= 0.6 is 0 Å². The molecule has 0 aliphatic carbocycles. The number of hydrogen-bond donors (Lipinski definition) is 1. The van der Waals surface area contributed by atoms with Crippen molar-refractivity contribution in [3.8, 4) is 0 Å². The van der Waals surface area contributed by atoms with Crippen molar-refractivity contribution in [1.29, 1.82) is 0 Å². The second kappa shape index (κ2) is 5.00. The van der Waals surface area contributed by atoms with Gasteiger partial charge in [0.1, 0.15) is 0 Å². The molecule has 1 N–H and O–H groups in total. The number of hydrogen-bond acceptors (Lipinski definition) is 2. The second-order valence-corrected chi connectivity index (χ2v) is 5.25. The van der Waals surface area contributed by atoms with Gasteiger partial charge in [0.25, 0.3) is 5.91 Å². The Bertz CT molecular complexity index is 664. The van der Waals surface area contributed by atoms with Crippen molar-refractivity contribution in [1.82, 2.24) is 0 Å². The van der Waals surface area contributed by atoms with Crippen molar-refractivity contribution in [3.05, 3.63) is 59.2 Å². The van der Waals surface area contributed by atoms with Crippen LogP contribution in [0.1, 0.15) is 21.5 Å². The van der Waals surface area contributed by atoms with Crippen LogP contribution in [0.15, 0.2) is 42.5 Å². The van der Waals surface area contributed by atoms with Crippen LogP contribution in [0.3, 0.4) is 0 Å². The second-order valence-electron chi connectivity index (χ2n) is 5.25. The topological polar surface area (TPSA) is 32.3 Å². The maximum atomic E-state index is 12.6. The first kappa shape index (κ1) is 12.7. The molecule has 0 aromatic heterocycles. The van der Waals surface area contributed by atoms with Crippen LogP contribution < -0.4 is 10.2 Å². The van der Waals surface area contributed by atoms with Crippen LogP contribution in [0.2, 0.25) is 0 Å². The zero-order valence-corrected chi connectivity index (χ0v) is 11.8. The van der Waals surface area contributed by atoms with Gasteiger partial charge < -0.3 is 10.2 Å². The van der Waals surface area contributed by atoms with Gasteiger partial charge in [-0.3, -0.25) is 4.79 Å². The van der Waals surface area contributed by atoms with E-state index in [4.69, 9.17) is 0 Å². The quantitative estimate of drug-likeness (QED) is 0.905. The summed E-state index contributed by atoms with van der Waals surface area (Å²) >= 11 is 0. The highest BCUT2D eigenvalue weighted by Gasteiger charge is 2.17. The fourth-order valence-corrected chi connectivity index (χ4v) is 2.59. The molecule has 1 aliphatic rings. The van der Waals surface area contributed by atoms with E-state index in [1.54, 1.807) is 4.90 Å². The largest absolute Gasteiger partial charge is 0.384 e. The summed E-state index contributed by atoms with van der Waals surface area (Å²) in [6, 6.07) is 13.9. The highest BCUT2D eigenvalue weighted by molar-refractivity contribution is 6.06. The van der Waals surface area contributed by atoms with E-state index in [1.165, 1.54) is 5.56 Å². The third-order valence-electron chi connectivity index (χ3n) is 3.76. The number of fused-ring (bicyclic) bond motifs is 1. The predicted molar refractivity (Wildman–Crippen MR) is 82.5 cm³/mol. The minimum atomic E-state index is 0.0327. The van der Waals surface area contributed by atoms with E-state index in [0.29, 0.717) is 0 Å². The van der Waals surface area contributed by atoms with E-state index in [2.05, 4.69) is 5.32 Å². The summed E-state index contributed by atoms with van der Waals surface area (Å²) in [4.78, 5) is 14.3. The molecule has 0 saturated carbocycles.